The average molecular weight is 290 g/mol. The highest BCUT2D eigenvalue weighted by Gasteiger charge is 2.52. The Bertz CT molecular complexity index is 407. The van der Waals surface area contributed by atoms with Crippen LogP contribution in [0.2, 0.25) is 0 Å². The van der Waals surface area contributed by atoms with E-state index in [1.165, 1.54) is 38.5 Å². The number of rotatable bonds is 2. The molecule has 5 aliphatic rings. The smallest absolute Gasteiger partial charge is 0.223 e. The molecule has 0 spiro atoms. The van der Waals surface area contributed by atoms with Crippen LogP contribution in [-0.2, 0) is 4.79 Å². The highest BCUT2D eigenvalue weighted by molar-refractivity contribution is 5.78. The van der Waals surface area contributed by atoms with Crippen molar-refractivity contribution in [1.82, 2.24) is 10.2 Å². The summed E-state index contributed by atoms with van der Waals surface area (Å²) in [5, 5.41) is 3.43. The first kappa shape index (κ1) is 14.0. The lowest BCUT2D eigenvalue weighted by Crippen LogP contribution is -2.61. The predicted molar refractivity (Wildman–Crippen MR) is 83.9 cm³/mol. The van der Waals surface area contributed by atoms with Crippen molar-refractivity contribution >= 4 is 5.91 Å². The molecule has 3 nitrogen and oxygen atoms in total. The van der Waals surface area contributed by atoms with E-state index in [0.717, 1.165) is 43.8 Å². The minimum atomic E-state index is -0.0162. The zero-order chi connectivity index (χ0) is 14.7. The van der Waals surface area contributed by atoms with Crippen molar-refractivity contribution in [3.05, 3.63) is 0 Å². The van der Waals surface area contributed by atoms with E-state index >= 15 is 0 Å². The van der Waals surface area contributed by atoms with Crippen LogP contribution in [0.3, 0.4) is 0 Å². The van der Waals surface area contributed by atoms with Crippen LogP contribution in [0.25, 0.3) is 0 Å². The summed E-state index contributed by atoms with van der Waals surface area (Å²) in [6.07, 6.45) is 9.26. The van der Waals surface area contributed by atoms with E-state index < -0.39 is 0 Å². The third-order valence-electron chi connectivity index (χ3n) is 6.79. The predicted octanol–water partition coefficient (Wildman–Crippen LogP) is 2.80. The Morgan fingerprint density at radius 1 is 1.10 bits per heavy atom. The molecule has 1 aliphatic heterocycles. The van der Waals surface area contributed by atoms with Crippen LogP contribution in [0, 0.1) is 23.2 Å². The maximum Gasteiger partial charge on any atom is 0.223 e. The van der Waals surface area contributed by atoms with Crippen molar-refractivity contribution in [2.75, 3.05) is 19.6 Å². The molecule has 5 fully saturated rings. The number of amides is 1. The van der Waals surface area contributed by atoms with E-state index in [9.17, 15) is 4.79 Å². The summed E-state index contributed by atoms with van der Waals surface area (Å²) in [5.74, 6) is 3.27. The second-order valence-electron chi connectivity index (χ2n) is 9.13. The molecule has 4 aliphatic carbocycles. The Morgan fingerprint density at radius 2 is 1.67 bits per heavy atom. The van der Waals surface area contributed by atoms with E-state index in [1.54, 1.807) is 0 Å². The number of nitrogens with one attached hydrogen (secondary N) is 1. The quantitative estimate of drug-likeness (QED) is 0.848. The maximum absolute atomic E-state index is 13.0. The molecule has 1 saturated heterocycles. The van der Waals surface area contributed by atoms with Gasteiger partial charge < -0.3 is 10.2 Å². The van der Waals surface area contributed by atoms with Gasteiger partial charge in [0.05, 0.1) is 0 Å². The summed E-state index contributed by atoms with van der Waals surface area (Å²) in [6, 6.07) is 0. The summed E-state index contributed by atoms with van der Waals surface area (Å²) in [4.78, 5) is 15.2. The normalized spacial score (nSPS) is 44.1. The first-order chi connectivity index (χ1) is 9.96. The van der Waals surface area contributed by atoms with Crippen LogP contribution >= 0.6 is 0 Å². The fourth-order valence-corrected chi connectivity index (χ4v) is 6.37. The first-order valence-corrected chi connectivity index (χ1v) is 8.97. The molecule has 0 aromatic rings. The Balaban J connectivity index is 1.49. The van der Waals surface area contributed by atoms with Crippen molar-refractivity contribution < 1.29 is 4.79 Å². The summed E-state index contributed by atoms with van der Waals surface area (Å²) >= 11 is 0. The topological polar surface area (TPSA) is 32.3 Å². The number of piperazine rings is 1. The summed E-state index contributed by atoms with van der Waals surface area (Å²) in [6.45, 7) is 7.18. The first-order valence-electron chi connectivity index (χ1n) is 8.97. The number of nitrogens with zero attached hydrogens (tertiary/aromatic N) is 1. The Labute approximate surface area is 128 Å². The van der Waals surface area contributed by atoms with Gasteiger partial charge in [0.2, 0.25) is 5.91 Å². The Hall–Kier alpha value is -0.570. The number of carbonyl (C=O) groups excluding carboxylic acids is 1. The van der Waals surface area contributed by atoms with Gasteiger partial charge in [-0.25, -0.2) is 0 Å². The fourth-order valence-electron chi connectivity index (χ4n) is 6.37. The van der Waals surface area contributed by atoms with Crippen molar-refractivity contribution in [3.8, 4) is 0 Å². The van der Waals surface area contributed by atoms with Gasteiger partial charge in [0.1, 0.15) is 0 Å². The van der Waals surface area contributed by atoms with Crippen LogP contribution in [0.1, 0.15) is 58.8 Å². The lowest BCUT2D eigenvalue weighted by molar-refractivity contribution is -0.145. The van der Waals surface area contributed by atoms with E-state index in [1.807, 2.05) is 0 Å². The molecule has 0 radical (unpaired) electrons. The van der Waals surface area contributed by atoms with E-state index in [4.69, 9.17) is 0 Å². The van der Waals surface area contributed by atoms with E-state index in [0.29, 0.717) is 11.3 Å². The third-order valence-corrected chi connectivity index (χ3v) is 6.79. The SMILES string of the molecule is CC1(C)CNCCN1C(=O)CC12CC3CC(CC(C3)C1)C2. The molecule has 21 heavy (non-hydrogen) atoms. The van der Waals surface area contributed by atoms with Crippen molar-refractivity contribution in [1.29, 1.82) is 0 Å². The molecule has 3 heteroatoms. The molecular weight excluding hydrogens is 260 g/mol. The highest BCUT2D eigenvalue weighted by Crippen LogP contribution is 2.61. The average Bonchev–Trinajstić information content (AvgIpc) is 2.35. The Morgan fingerprint density at radius 3 is 2.19 bits per heavy atom. The minimum Gasteiger partial charge on any atom is -0.335 e. The largest absolute Gasteiger partial charge is 0.335 e. The van der Waals surface area contributed by atoms with Gasteiger partial charge in [-0.3, -0.25) is 4.79 Å². The van der Waals surface area contributed by atoms with E-state index in [-0.39, 0.29) is 5.54 Å². The van der Waals surface area contributed by atoms with Crippen LogP contribution in [-0.4, -0.2) is 36.0 Å². The van der Waals surface area contributed by atoms with Gasteiger partial charge in [-0.05, 0) is 75.5 Å². The summed E-state index contributed by atoms with van der Waals surface area (Å²) < 4.78 is 0. The molecule has 0 atom stereocenters. The molecule has 4 saturated carbocycles. The van der Waals surface area contributed by atoms with E-state index in [2.05, 4.69) is 24.1 Å². The third kappa shape index (κ3) is 2.42. The molecule has 0 unspecified atom stereocenters. The number of hydrogen-bond acceptors (Lipinski definition) is 2. The zero-order valence-electron chi connectivity index (χ0n) is 13.7. The van der Waals surface area contributed by atoms with Gasteiger partial charge in [-0.1, -0.05) is 0 Å². The van der Waals surface area contributed by atoms with Gasteiger partial charge in [0, 0.05) is 31.6 Å². The van der Waals surface area contributed by atoms with Gasteiger partial charge in [-0.2, -0.15) is 0 Å². The molecule has 5 rings (SSSR count). The van der Waals surface area contributed by atoms with Crippen LogP contribution in [0.15, 0.2) is 0 Å². The van der Waals surface area contributed by atoms with Gasteiger partial charge in [0.15, 0.2) is 0 Å². The molecule has 1 amide bonds. The Kier molecular flexibility index (Phi) is 3.15. The van der Waals surface area contributed by atoms with Gasteiger partial charge in [0.25, 0.3) is 0 Å². The number of carbonyl (C=O) groups is 1. The number of hydrogen-bond donors (Lipinski definition) is 1. The molecule has 0 aromatic heterocycles. The zero-order valence-corrected chi connectivity index (χ0v) is 13.7. The van der Waals surface area contributed by atoms with Crippen molar-refractivity contribution in [2.24, 2.45) is 23.2 Å². The van der Waals surface area contributed by atoms with Crippen molar-refractivity contribution in [3.63, 3.8) is 0 Å². The summed E-state index contributed by atoms with van der Waals surface area (Å²) in [5.41, 5.74) is 0.365. The molecular formula is C18H30N2O. The second kappa shape index (κ2) is 4.71. The maximum atomic E-state index is 13.0. The van der Waals surface area contributed by atoms with Crippen molar-refractivity contribution in [2.45, 2.75) is 64.3 Å². The van der Waals surface area contributed by atoms with Crippen LogP contribution in [0.4, 0.5) is 0 Å². The monoisotopic (exact) mass is 290 g/mol. The van der Waals surface area contributed by atoms with Gasteiger partial charge >= 0.3 is 0 Å². The lowest BCUT2D eigenvalue weighted by Gasteiger charge is -2.57. The van der Waals surface area contributed by atoms with Crippen LogP contribution in [0.5, 0.6) is 0 Å². The summed E-state index contributed by atoms with van der Waals surface area (Å²) in [7, 11) is 0. The van der Waals surface area contributed by atoms with Gasteiger partial charge in [-0.15, -0.1) is 0 Å². The molecule has 1 N–H and O–H groups in total. The molecule has 118 valence electrons. The standard InChI is InChI=1S/C18H30N2O/c1-17(2)12-19-3-4-20(17)16(21)11-18-8-13-5-14(9-18)7-15(6-13)10-18/h13-15,19H,3-12H2,1-2H3. The van der Waals surface area contributed by atoms with Crippen LogP contribution < -0.4 is 5.32 Å². The highest BCUT2D eigenvalue weighted by atomic mass is 16.2. The molecule has 1 heterocycles. The minimum absolute atomic E-state index is 0.0162. The lowest BCUT2D eigenvalue weighted by atomic mass is 9.49. The second-order valence-corrected chi connectivity index (χ2v) is 9.13. The molecule has 0 aromatic carbocycles. The fraction of sp³-hybridized carbons (Fsp3) is 0.944. The molecule has 4 bridgehead atoms.